The molecule has 0 heterocycles. The normalized spacial score (nSPS) is 8.00. The Hall–Kier alpha value is -2.42. The highest BCUT2D eigenvalue weighted by Gasteiger charge is 2.00. The molecule has 4 heteroatoms. The first-order valence-corrected chi connectivity index (χ1v) is 4.29. The number of rotatable bonds is 1. The predicted octanol–water partition coefficient (Wildman–Crippen LogP) is 2.53. The summed E-state index contributed by atoms with van der Waals surface area (Å²) in [5.41, 5.74) is 10.3. The van der Waals surface area contributed by atoms with Crippen molar-refractivity contribution in [3.05, 3.63) is 45.3 Å². The number of benzene rings is 1. The molecule has 15 heavy (non-hydrogen) atoms. The van der Waals surface area contributed by atoms with E-state index < -0.39 is 0 Å². The van der Waals surface area contributed by atoms with Gasteiger partial charge in [0.05, 0.1) is 12.1 Å². The van der Waals surface area contributed by atoms with Crippen molar-refractivity contribution >= 4 is 0 Å². The van der Waals surface area contributed by atoms with E-state index in [1.807, 2.05) is 19.1 Å². The lowest BCUT2D eigenvalue weighted by Crippen LogP contribution is -1.87. The molecule has 1 aromatic rings. The summed E-state index contributed by atoms with van der Waals surface area (Å²) < 4.78 is 0. The summed E-state index contributed by atoms with van der Waals surface area (Å²) in [6.45, 7) is 2.01. The molecular weight excluding hydrogens is 188 g/mol. The second-order valence-electron chi connectivity index (χ2n) is 2.80. The molecule has 0 saturated heterocycles. The van der Waals surface area contributed by atoms with Crippen LogP contribution in [0.15, 0.2) is 23.3 Å². The van der Waals surface area contributed by atoms with Gasteiger partial charge >= 0.3 is 0 Å². The van der Waals surface area contributed by atoms with Gasteiger partial charge in [0.1, 0.15) is 6.07 Å². The molecule has 0 aliphatic rings. The topological polar surface area (TPSA) is 72.5 Å². The van der Waals surface area contributed by atoms with Crippen molar-refractivity contribution < 1.29 is 0 Å². The lowest BCUT2D eigenvalue weighted by Gasteiger charge is -1.98. The molecule has 0 saturated carbocycles. The lowest BCUT2D eigenvalue weighted by molar-refractivity contribution is 1.25. The Morgan fingerprint density at radius 2 is 2.33 bits per heavy atom. The maximum atomic E-state index is 8.85. The highest BCUT2D eigenvalue weighted by molar-refractivity contribution is 5.52. The predicted molar refractivity (Wildman–Crippen MR) is 56.8 cm³/mol. The zero-order chi connectivity index (χ0) is 11.1. The maximum absolute atomic E-state index is 8.85. The van der Waals surface area contributed by atoms with Crippen molar-refractivity contribution in [2.45, 2.75) is 6.92 Å². The SMILES string of the molecule is Cc1cccc(C#N)c1C#CCN=[N+]=[N-]. The average Bonchev–Trinajstić information content (AvgIpc) is 2.26. The zero-order valence-corrected chi connectivity index (χ0v) is 8.23. The third-order valence-electron chi connectivity index (χ3n) is 1.82. The fourth-order valence-electron chi connectivity index (χ4n) is 1.12. The number of nitriles is 1. The van der Waals surface area contributed by atoms with Crippen molar-refractivity contribution in [1.82, 2.24) is 0 Å². The Bertz CT molecular complexity index is 508. The molecule has 0 bridgehead atoms. The summed E-state index contributed by atoms with van der Waals surface area (Å²) in [4.78, 5) is 2.59. The van der Waals surface area contributed by atoms with Gasteiger partial charge in [-0.05, 0) is 24.1 Å². The summed E-state index contributed by atoms with van der Waals surface area (Å²) in [6.07, 6.45) is 0. The molecule has 0 radical (unpaired) electrons. The monoisotopic (exact) mass is 196 g/mol. The number of aryl methyl sites for hydroxylation is 1. The molecule has 0 fully saturated rings. The van der Waals surface area contributed by atoms with E-state index in [-0.39, 0.29) is 6.54 Å². The number of nitrogens with zero attached hydrogens (tertiary/aromatic N) is 4. The smallest absolute Gasteiger partial charge is 0.100 e. The molecular formula is C11H8N4. The Balaban J connectivity index is 3.06. The van der Waals surface area contributed by atoms with Crippen LogP contribution >= 0.6 is 0 Å². The number of hydrogen-bond acceptors (Lipinski definition) is 2. The van der Waals surface area contributed by atoms with Crippen LogP contribution in [0.25, 0.3) is 10.4 Å². The molecule has 1 aromatic carbocycles. The van der Waals surface area contributed by atoms with E-state index in [4.69, 9.17) is 10.8 Å². The van der Waals surface area contributed by atoms with E-state index in [1.54, 1.807) is 6.07 Å². The molecule has 0 aliphatic heterocycles. The molecule has 1 rings (SSSR count). The Kier molecular flexibility index (Phi) is 3.79. The van der Waals surface area contributed by atoms with Crippen LogP contribution in [-0.4, -0.2) is 6.54 Å². The lowest BCUT2D eigenvalue weighted by atomic mass is 10.0. The van der Waals surface area contributed by atoms with Gasteiger partial charge in [0.2, 0.25) is 0 Å². The zero-order valence-electron chi connectivity index (χ0n) is 8.23. The van der Waals surface area contributed by atoms with Gasteiger partial charge in [-0.25, -0.2) is 0 Å². The van der Waals surface area contributed by atoms with E-state index in [0.29, 0.717) is 11.1 Å². The fourth-order valence-corrected chi connectivity index (χ4v) is 1.12. The van der Waals surface area contributed by atoms with Gasteiger partial charge in [0.15, 0.2) is 0 Å². The number of hydrogen-bond donors (Lipinski definition) is 0. The van der Waals surface area contributed by atoms with E-state index in [9.17, 15) is 0 Å². The van der Waals surface area contributed by atoms with Crippen LogP contribution in [-0.2, 0) is 0 Å². The molecule has 0 aromatic heterocycles. The van der Waals surface area contributed by atoms with Gasteiger partial charge in [-0.2, -0.15) is 5.26 Å². The van der Waals surface area contributed by atoms with Crippen LogP contribution in [0.2, 0.25) is 0 Å². The molecule has 0 spiro atoms. The highest BCUT2D eigenvalue weighted by Crippen LogP contribution is 2.11. The van der Waals surface area contributed by atoms with E-state index in [2.05, 4.69) is 27.9 Å². The molecule has 0 amide bonds. The fraction of sp³-hybridized carbons (Fsp3) is 0.182. The quantitative estimate of drug-likeness (QED) is 0.294. The van der Waals surface area contributed by atoms with Crippen LogP contribution in [0, 0.1) is 30.1 Å². The highest BCUT2D eigenvalue weighted by atomic mass is 15.1. The number of azide groups is 1. The van der Waals surface area contributed by atoms with Crippen LogP contribution in [0.3, 0.4) is 0 Å². The molecule has 0 unspecified atom stereocenters. The minimum absolute atomic E-state index is 0.121. The van der Waals surface area contributed by atoms with Crippen LogP contribution in [0.4, 0.5) is 0 Å². The van der Waals surface area contributed by atoms with Crippen molar-refractivity contribution in [1.29, 1.82) is 5.26 Å². The van der Waals surface area contributed by atoms with Gasteiger partial charge in [-0.3, -0.25) is 0 Å². The Morgan fingerprint density at radius 3 is 3.00 bits per heavy atom. The molecule has 0 aliphatic carbocycles. The van der Waals surface area contributed by atoms with Crippen LogP contribution in [0.1, 0.15) is 16.7 Å². The Morgan fingerprint density at radius 1 is 1.53 bits per heavy atom. The van der Waals surface area contributed by atoms with Gasteiger partial charge in [-0.15, -0.1) is 0 Å². The molecule has 0 N–H and O–H groups in total. The summed E-state index contributed by atoms with van der Waals surface area (Å²) in [6, 6.07) is 7.48. The minimum atomic E-state index is 0.121. The molecule has 72 valence electrons. The van der Waals surface area contributed by atoms with E-state index in [1.165, 1.54) is 0 Å². The third kappa shape index (κ3) is 2.77. The maximum Gasteiger partial charge on any atom is 0.100 e. The average molecular weight is 196 g/mol. The first kappa shape index (κ1) is 10.7. The van der Waals surface area contributed by atoms with Gasteiger partial charge in [0, 0.05) is 10.5 Å². The first-order chi connectivity index (χ1) is 7.29. The second-order valence-corrected chi connectivity index (χ2v) is 2.80. The van der Waals surface area contributed by atoms with Crippen molar-refractivity contribution in [3.63, 3.8) is 0 Å². The van der Waals surface area contributed by atoms with Crippen molar-refractivity contribution in [2.75, 3.05) is 6.54 Å². The third-order valence-corrected chi connectivity index (χ3v) is 1.82. The van der Waals surface area contributed by atoms with E-state index in [0.717, 1.165) is 5.56 Å². The summed E-state index contributed by atoms with van der Waals surface area (Å²) in [5.74, 6) is 5.53. The minimum Gasteiger partial charge on any atom is -0.192 e. The van der Waals surface area contributed by atoms with E-state index >= 15 is 0 Å². The summed E-state index contributed by atoms with van der Waals surface area (Å²) in [7, 11) is 0. The molecule has 0 atom stereocenters. The van der Waals surface area contributed by atoms with Crippen LogP contribution in [0.5, 0.6) is 0 Å². The second kappa shape index (κ2) is 5.34. The molecule has 4 nitrogen and oxygen atoms in total. The standard InChI is InChI=1S/C11H8N4/c1-9-4-2-5-10(8-12)11(9)6-3-7-14-15-13/h2,4-5H,7H2,1H3. The van der Waals surface area contributed by atoms with Gasteiger partial charge in [-0.1, -0.05) is 29.1 Å². The van der Waals surface area contributed by atoms with Crippen molar-refractivity contribution in [2.24, 2.45) is 5.11 Å². The van der Waals surface area contributed by atoms with Crippen molar-refractivity contribution in [3.8, 4) is 17.9 Å². The first-order valence-electron chi connectivity index (χ1n) is 4.29. The van der Waals surface area contributed by atoms with Gasteiger partial charge < -0.3 is 0 Å². The largest absolute Gasteiger partial charge is 0.192 e. The summed E-state index contributed by atoms with van der Waals surface area (Å²) >= 11 is 0. The van der Waals surface area contributed by atoms with Gasteiger partial charge in [0.25, 0.3) is 0 Å². The summed E-state index contributed by atoms with van der Waals surface area (Å²) in [5, 5.41) is 12.1. The van der Waals surface area contributed by atoms with Crippen LogP contribution < -0.4 is 0 Å². The Labute approximate surface area is 87.8 Å².